The number of hydrogen-bond donors (Lipinski definition) is 1. The first-order valence-electron chi connectivity index (χ1n) is 13.5. The van der Waals surface area contributed by atoms with Crippen LogP contribution in [-0.4, -0.2) is 65.4 Å². The predicted molar refractivity (Wildman–Crippen MR) is 159 cm³/mol. The van der Waals surface area contributed by atoms with E-state index in [4.69, 9.17) is 34.0 Å². The lowest BCUT2D eigenvalue weighted by molar-refractivity contribution is 0.177. The van der Waals surface area contributed by atoms with Gasteiger partial charge in [-0.2, -0.15) is 20.1 Å². The summed E-state index contributed by atoms with van der Waals surface area (Å²) in [4.78, 5) is 6.15. The normalized spacial score (nSPS) is 14.8. The molecule has 15 heteroatoms. The Morgan fingerprint density at radius 3 is 2.62 bits per heavy atom. The van der Waals surface area contributed by atoms with Gasteiger partial charge in [0.05, 0.1) is 46.5 Å². The van der Waals surface area contributed by atoms with Gasteiger partial charge in [0.2, 0.25) is 0 Å². The highest BCUT2D eigenvalue weighted by Crippen LogP contribution is 2.41. The van der Waals surface area contributed by atoms with Crippen molar-refractivity contribution in [3.8, 4) is 28.3 Å². The number of fused-ring (bicyclic) bond motifs is 7. The number of benzene rings is 1. The predicted octanol–water partition coefficient (Wildman–Crippen LogP) is 4.58. The minimum absolute atomic E-state index is 0.0455. The summed E-state index contributed by atoms with van der Waals surface area (Å²) in [5, 5.41) is 15.6. The summed E-state index contributed by atoms with van der Waals surface area (Å²) in [5.41, 5.74) is 4.71. The molecule has 0 spiro atoms. The van der Waals surface area contributed by atoms with Crippen LogP contribution in [0.1, 0.15) is 50.6 Å². The van der Waals surface area contributed by atoms with E-state index in [0.29, 0.717) is 65.0 Å². The molecule has 5 rings (SSSR count). The fourth-order valence-electron chi connectivity index (χ4n) is 4.75. The maximum absolute atomic E-state index is 14.6. The van der Waals surface area contributed by atoms with Gasteiger partial charge in [-0.3, -0.25) is 9.21 Å². The zero-order valence-corrected chi connectivity index (χ0v) is 25.1. The molecule has 2 bridgehead atoms. The van der Waals surface area contributed by atoms with Crippen LogP contribution >= 0.6 is 8.60 Å². The summed E-state index contributed by atoms with van der Waals surface area (Å²) >= 11 is 0. The molecule has 42 heavy (non-hydrogen) atoms. The van der Waals surface area contributed by atoms with Crippen molar-refractivity contribution in [2.75, 3.05) is 25.3 Å². The number of rotatable bonds is 9. The largest absolute Gasteiger partial charge is 0.482 e. The molecular formula is C27H31B2FN7O4P. The number of pyridine rings is 1. The second kappa shape index (κ2) is 12.5. The fourth-order valence-corrected chi connectivity index (χ4v) is 5.57. The van der Waals surface area contributed by atoms with Crippen LogP contribution < -0.4 is 10.1 Å². The molecule has 11 nitrogen and oxygen atoms in total. The number of ether oxygens (including phenoxy) is 1. The summed E-state index contributed by atoms with van der Waals surface area (Å²) < 4.78 is 39.4. The van der Waals surface area contributed by atoms with E-state index in [2.05, 4.69) is 25.6 Å². The maximum atomic E-state index is 14.6. The molecule has 0 aliphatic carbocycles. The molecule has 4 aromatic rings. The third-order valence-corrected chi connectivity index (χ3v) is 7.74. The van der Waals surface area contributed by atoms with Crippen LogP contribution in [0.25, 0.3) is 22.5 Å². The van der Waals surface area contributed by atoms with E-state index in [1.54, 1.807) is 37.1 Å². The van der Waals surface area contributed by atoms with E-state index in [-0.39, 0.29) is 6.73 Å². The molecule has 0 fully saturated rings. The van der Waals surface area contributed by atoms with E-state index < -0.39 is 25.9 Å². The van der Waals surface area contributed by atoms with Crippen molar-refractivity contribution in [2.45, 2.75) is 45.6 Å². The molecule has 0 saturated carbocycles. The molecule has 4 radical (unpaired) electrons. The number of hydrogen-bond acceptors (Lipinski definition) is 9. The van der Waals surface area contributed by atoms with Gasteiger partial charge < -0.3 is 19.1 Å². The number of aryl methyl sites for hydroxylation is 1. The fraction of sp³-hybridized carbons (Fsp3) is 0.407. The van der Waals surface area contributed by atoms with Crippen LogP contribution in [0, 0.1) is 5.82 Å². The topological polar surface area (TPSA) is 110 Å². The Labute approximate surface area is 247 Å². The van der Waals surface area contributed by atoms with Gasteiger partial charge in [-0.1, -0.05) is 6.92 Å². The van der Waals surface area contributed by atoms with Crippen molar-refractivity contribution < 1.29 is 22.7 Å². The molecule has 1 aliphatic heterocycles. The highest BCUT2D eigenvalue weighted by atomic mass is 31.2. The lowest BCUT2D eigenvalue weighted by Gasteiger charge is -2.25. The first kappa shape index (κ1) is 30.2. The number of nitrogens with one attached hydrogen (secondary N) is 1. The average Bonchev–Trinajstić information content (AvgIpc) is 3.52. The standard InChI is InChI=1S/C27H31B2FN7O4P/c1-6-38-42(39-7-2)40-15-32-26-23-11-18(13-31-26)25-17(14-33-37(25)27(4,28)29)10-22-24(35-36(5)34-22)20-9-8-19(30)12-21(20)16(3)41-23/h8-9,11-14,16H,6-7,10,15H2,1-5H3,(H,31,32)/t16-/m1/s1. The molecule has 4 heterocycles. The SMILES string of the molecule is [B]C([B])(C)n1ncc2c1-c1cnc(NCOP(OCC)OCC)c(c1)O[C@H](C)c1cc(F)ccc1-c1nn(C)nc1C2. The lowest BCUT2D eigenvalue weighted by atomic mass is 9.63. The summed E-state index contributed by atoms with van der Waals surface area (Å²) in [7, 11) is 12.9. The molecule has 1 aromatic carbocycles. The van der Waals surface area contributed by atoms with Crippen molar-refractivity contribution >= 4 is 30.1 Å². The van der Waals surface area contributed by atoms with Gasteiger partial charge in [0.25, 0.3) is 0 Å². The molecular weight excluding hydrogens is 558 g/mol. The van der Waals surface area contributed by atoms with Crippen LogP contribution in [0.2, 0.25) is 0 Å². The Balaban J connectivity index is 1.63. The van der Waals surface area contributed by atoms with Gasteiger partial charge in [-0.15, -0.1) is 0 Å². The summed E-state index contributed by atoms with van der Waals surface area (Å²) in [6, 6.07) is 6.36. The van der Waals surface area contributed by atoms with Crippen LogP contribution in [0.4, 0.5) is 10.2 Å². The average molecular weight is 589 g/mol. The van der Waals surface area contributed by atoms with Crippen LogP contribution in [0.5, 0.6) is 5.75 Å². The Morgan fingerprint density at radius 1 is 1.14 bits per heavy atom. The Kier molecular flexibility index (Phi) is 8.98. The van der Waals surface area contributed by atoms with Gasteiger partial charge in [0, 0.05) is 41.9 Å². The number of anilines is 1. The van der Waals surface area contributed by atoms with Crippen molar-refractivity contribution in [1.82, 2.24) is 29.8 Å². The molecule has 3 aromatic heterocycles. The maximum Gasteiger partial charge on any atom is 0.334 e. The molecule has 0 unspecified atom stereocenters. The second-order valence-electron chi connectivity index (χ2n) is 9.89. The van der Waals surface area contributed by atoms with Crippen LogP contribution in [0.3, 0.4) is 0 Å². The van der Waals surface area contributed by atoms with E-state index in [9.17, 15) is 4.39 Å². The Morgan fingerprint density at radius 2 is 1.90 bits per heavy atom. The zero-order valence-electron chi connectivity index (χ0n) is 24.2. The number of halogens is 1. The zero-order chi connectivity index (χ0) is 30.0. The minimum atomic E-state index is -1.53. The molecule has 1 atom stereocenters. The van der Waals surface area contributed by atoms with Crippen molar-refractivity contribution in [3.63, 3.8) is 0 Å². The van der Waals surface area contributed by atoms with Gasteiger partial charge in [0.15, 0.2) is 11.6 Å². The molecule has 0 saturated heterocycles. The molecule has 1 N–H and O–H groups in total. The van der Waals surface area contributed by atoms with Gasteiger partial charge >= 0.3 is 8.60 Å². The summed E-state index contributed by atoms with van der Waals surface area (Å²) in [6.45, 7) is 8.17. The summed E-state index contributed by atoms with van der Waals surface area (Å²) in [5.74, 6) is 0.402. The van der Waals surface area contributed by atoms with Crippen molar-refractivity contribution in [3.05, 3.63) is 59.3 Å². The van der Waals surface area contributed by atoms with Crippen LogP contribution in [0.15, 0.2) is 36.7 Å². The first-order valence-corrected chi connectivity index (χ1v) is 14.6. The van der Waals surface area contributed by atoms with Crippen molar-refractivity contribution in [1.29, 1.82) is 0 Å². The highest BCUT2D eigenvalue weighted by Gasteiger charge is 2.28. The quantitative estimate of drug-likeness (QED) is 0.171. The highest BCUT2D eigenvalue weighted by molar-refractivity contribution is 7.41. The van der Waals surface area contributed by atoms with Crippen LogP contribution in [-0.2, 0) is 32.4 Å². The second-order valence-corrected chi connectivity index (χ2v) is 11.1. The summed E-state index contributed by atoms with van der Waals surface area (Å²) in [6.07, 6.45) is 3.14. The van der Waals surface area contributed by atoms with Crippen molar-refractivity contribution in [2.24, 2.45) is 7.05 Å². The first-order chi connectivity index (χ1) is 20.1. The lowest BCUT2D eigenvalue weighted by Crippen LogP contribution is -2.32. The Bertz CT molecular complexity index is 1560. The number of nitrogens with zero attached hydrogens (tertiary/aromatic N) is 6. The third kappa shape index (κ3) is 6.36. The van der Waals surface area contributed by atoms with Gasteiger partial charge in [-0.05, 0) is 50.4 Å². The smallest absolute Gasteiger partial charge is 0.334 e. The number of aromatic nitrogens is 6. The van der Waals surface area contributed by atoms with E-state index in [1.165, 1.54) is 16.9 Å². The minimum Gasteiger partial charge on any atom is -0.482 e. The molecule has 0 amide bonds. The molecule has 216 valence electrons. The van der Waals surface area contributed by atoms with Gasteiger partial charge in [-0.25, -0.2) is 9.37 Å². The Hall–Kier alpha value is -3.31. The van der Waals surface area contributed by atoms with E-state index >= 15 is 0 Å². The van der Waals surface area contributed by atoms with E-state index in [0.717, 1.165) is 5.56 Å². The monoisotopic (exact) mass is 589 g/mol. The third-order valence-electron chi connectivity index (χ3n) is 6.46. The molecule has 1 aliphatic rings. The van der Waals surface area contributed by atoms with E-state index in [1.807, 2.05) is 26.8 Å². The van der Waals surface area contributed by atoms with Gasteiger partial charge in [0.1, 0.15) is 24.3 Å².